The molecule has 21 heavy (non-hydrogen) atoms. The summed E-state index contributed by atoms with van der Waals surface area (Å²) in [5.74, 6) is 0. The molecule has 3 nitrogen and oxygen atoms in total. The molecule has 2 aromatic carbocycles. The summed E-state index contributed by atoms with van der Waals surface area (Å²) >= 11 is 0. The Bertz CT molecular complexity index is 573. The highest BCUT2D eigenvalue weighted by molar-refractivity contribution is 5.70. The lowest BCUT2D eigenvalue weighted by Gasteiger charge is -2.17. The fourth-order valence-electron chi connectivity index (χ4n) is 2.11. The minimum absolute atomic E-state index is 0.170. The maximum Gasteiger partial charge on any atom is 0.129 e. The average Bonchev–Trinajstić information content (AvgIpc) is 2.54. The molecule has 0 saturated carbocycles. The van der Waals surface area contributed by atoms with Gasteiger partial charge in [-0.2, -0.15) is 0 Å². The van der Waals surface area contributed by atoms with E-state index in [0.717, 1.165) is 5.69 Å². The third-order valence-corrected chi connectivity index (χ3v) is 3.51. The van der Waals surface area contributed by atoms with Crippen LogP contribution in [0.3, 0.4) is 0 Å². The van der Waals surface area contributed by atoms with E-state index in [1.807, 2.05) is 19.0 Å². The number of rotatable bonds is 6. The Kier molecular flexibility index (Phi) is 5.55. The summed E-state index contributed by atoms with van der Waals surface area (Å²) in [7, 11) is 4.02. The van der Waals surface area contributed by atoms with Gasteiger partial charge in [0, 0.05) is 19.3 Å². The maximum atomic E-state index is 8.95. The van der Waals surface area contributed by atoms with Crippen LogP contribution in [0.15, 0.2) is 48.5 Å². The highest BCUT2D eigenvalue weighted by atomic mass is 16.3. The second kappa shape index (κ2) is 7.62. The van der Waals surface area contributed by atoms with Crippen LogP contribution in [-0.2, 0) is 0 Å². The topological polar surface area (TPSA) is 40.1 Å². The van der Waals surface area contributed by atoms with Gasteiger partial charge in [0.2, 0.25) is 0 Å². The van der Waals surface area contributed by atoms with Crippen LogP contribution in [0.5, 0.6) is 0 Å². The van der Waals surface area contributed by atoms with Crippen LogP contribution < -0.4 is 10.2 Å². The van der Waals surface area contributed by atoms with E-state index in [1.165, 1.54) is 16.8 Å². The van der Waals surface area contributed by atoms with Crippen molar-refractivity contribution in [3.05, 3.63) is 59.7 Å². The van der Waals surface area contributed by atoms with E-state index in [0.29, 0.717) is 6.54 Å². The van der Waals surface area contributed by atoms with Gasteiger partial charge in [-0.15, -0.1) is 0 Å². The van der Waals surface area contributed by atoms with E-state index >= 15 is 0 Å². The SMILES string of the molecule is C[NH2+]c1ccc(/C=C/c2ccc(N(C)CCO)cc2)cc1. The molecule has 3 heteroatoms. The Labute approximate surface area is 126 Å². The number of anilines is 1. The summed E-state index contributed by atoms with van der Waals surface area (Å²) in [5, 5.41) is 11.0. The number of hydrogen-bond donors (Lipinski definition) is 2. The molecule has 0 bridgehead atoms. The largest absolute Gasteiger partial charge is 0.395 e. The minimum Gasteiger partial charge on any atom is -0.395 e. The van der Waals surface area contributed by atoms with Gasteiger partial charge in [-0.25, -0.2) is 0 Å². The standard InChI is InChI=1S/C18H22N2O/c1-19-17-9-5-15(6-10-17)3-4-16-7-11-18(12-8-16)20(2)13-14-21/h3-12,19,21H,13-14H2,1-2H3/p+1/b4-3+. The first-order valence-electron chi connectivity index (χ1n) is 7.22. The van der Waals surface area contributed by atoms with Gasteiger partial charge in [0.05, 0.1) is 13.7 Å². The van der Waals surface area contributed by atoms with Crippen LogP contribution in [0, 0.1) is 0 Å². The van der Waals surface area contributed by atoms with E-state index in [9.17, 15) is 0 Å². The number of hydrogen-bond acceptors (Lipinski definition) is 2. The third kappa shape index (κ3) is 4.45. The molecule has 0 aliphatic heterocycles. The van der Waals surface area contributed by atoms with E-state index in [1.54, 1.807) is 0 Å². The molecule has 0 atom stereocenters. The number of aliphatic hydroxyl groups is 1. The third-order valence-electron chi connectivity index (χ3n) is 3.51. The van der Waals surface area contributed by atoms with Crippen molar-refractivity contribution in [1.29, 1.82) is 0 Å². The molecule has 0 saturated heterocycles. The zero-order chi connectivity index (χ0) is 15.1. The quantitative estimate of drug-likeness (QED) is 0.629. The molecular weight excluding hydrogens is 260 g/mol. The van der Waals surface area contributed by atoms with Crippen molar-refractivity contribution in [2.45, 2.75) is 0 Å². The van der Waals surface area contributed by atoms with Crippen molar-refractivity contribution in [2.75, 3.05) is 32.1 Å². The maximum absolute atomic E-state index is 8.95. The van der Waals surface area contributed by atoms with Crippen LogP contribution in [-0.4, -0.2) is 32.4 Å². The molecule has 0 aliphatic carbocycles. The second-order valence-electron chi connectivity index (χ2n) is 5.03. The fraction of sp³-hybridized carbons (Fsp3) is 0.222. The lowest BCUT2D eigenvalue weighted by molar-refractivity contribution is -0.539. The van der Waals surface area contributed by atoms with Crippen LogP contribution in [0.4, 0.5) is 11.4 Å². The molecule has 2 aromatic rings. The van der Waals surface area contributed by atoms with Gasteiger partial charge in [0.1, 0.15) is 5.69 Å². The van der Waals surface area contributed by atoms with Gasteiger partial charge in [0.15, 0.2) is 0 Å². The van der Waals surface area contributed by atoms with Crippen molar-refractivity contribution >= 4 is 23.5 Å². The lowest BCUT2D eigenvalue weighted by atomic mass is 10.1. The Morgan fingerprint density at radius 3 is 1.95 bits per heavy atom. The molecule has 0 aromatic heterocycles. The molecule has 0 unspecified atom stereocenters. The molecule has 0 heterocycles. The number of aliphatic hydroxyl groups excluding tert-OH is 1. The van der Waals surface area contributed by atoms with E-state index in [2.05, 4.69) is 66.0 Å². The Hall–Kier alpha value is -2.10. The zero-order valence-electron chi connectivity index (χ0n) is 12.7. The number of quaternary nitrogens is 1. The summed E-state index contributed by atoms with van der Waals surface area (Å²) in [6.45, 7) is 0.819. The molecule has 0 fully saturated rings. The van der Waals surface area contributed by atoms with Crippen molar-refractivity contribution in [2.24, 2.45) is 0 Å². The van der Waals surface area contributed by atoms with Gasteiger partial charge < -0.3 is 15.3 Å². The first-order chi connectivity index (χ1) is 10.2. The van der Waals surface area contributed by atoms with Crippen molar-refractivity contribution in [3.8, 4) is 0 Å². The molecule has 0 radical (unpaired) electrons. The predicted octanol–water partition coefficient (Wildman–Crippen LogP) is 2.11. The van der Waals surface area contributed by atoms with Crippen LogP contribution in [0.1, 0.15) is 11.1 Å². The minimum atomic E-state index is 0.170. The second-order valence-corrected chi connectivity index (χ2v) is 5.03. The Morgan fingerprint density at radius 1 is 0.952 bits per heavy atom. The summed E-state index contributed by atoms with van der Waals surface area (Å²) in [4.78, 5) is 2.04. The summed E-state index contributed by atoms with van der Waals surface area (Å²) in [6.07, 6.45) is 4.23. The number of likely N-dealkylation sites (N-methyl/N-ethyl adjacent to an activating group) is 1. The molecule has 2 rings (SSSR count). The fourth-order valence-corrected chi connectivity index (χ4v) is 2.11. The van der Waals surface area contributed by atoms with Crippen LogP contribution in [0.2, 0.25) is 0 Å². The Balaban J connectivity index is 2.03. The van der Waals surface area contributed by atoms with Gasteiger partial charge in [-0.05, 0) is 47.5 Å². The average molecular weight is 283 g/mol. The van der Waals surface area contributed by atoms with Gasteiger partial charge in [-0.3, -0.25) is 0 Å². The number of nitrogens with zero attached hydrogens (tertiary/aromatic N) is 1. The molecule has 0 amide bonds. The van der Waals surface area contributed by atoms with Crippen molar-refractivity contribution < 1.29 is 10.4 Å². The first kappa shape index (κ1) is 15.3. The number of nitrogens with two attached hydrogens (primary N) is 1. The summed E-state index contributed by atoms with van der Waals surface area (Å²) < 4.78 is 0. The highest BCUT2D eigenvalue weighted by Gasteiger charge is 1.98. The van der Waals surface area contributed by atoms with Gasteiger partial charge >= 0.3 is 0 Å². The normalized spacial score (nSPS) is 11.0. The van der Waals surface area contributed by atoms with Crippen LogP contribution in [0.25, 0.3) is 12.2 Å². The molecule has 0 aliphatic rings. The monoisotopic (exact) mass is 283 g/mol. The molecule has 110 valence electrons. The van der Waals surface area contributed by atoms with E-state index in [4.69, 9.17) is 5.11 Å². The summed E-state index contributed by atoms with van der Waals surface area (Å²) in [5.41, 5.74) is 4.72. The molecule has 3 N–H and O–H groups in total. The predicted molar refractivity (Wildman–Crippen MR) is 89.7 cm³/mol. The highest BCUT2D eigenvalue weighted by Crippen LogP contribution is 2.15. The van der Waals surface area contributed by atoms with Gasteiger partial charge in [-0.1, -0.05) is 24.3 Å². The zero-order valence-corrected chi connectivity index (χ0v) is 12.7. The Morgan fingerprint density at radius 2 is 1.48 bits per heavy atom. The summed E-state index contributed by atoms with van der Waals surface area (Å²) in [6, 6.07) is 16.8. The lowest BCUT2D eigenvalue weighted by Crippen LogP contribution is -2.72. The van der Waals surface area contributed by atoms with Gasteiger partial charge in [0.25, 0.3) is 0 Å². The van der Waals surface area contributed by atoms with Crippen LogP contribution >= 0.6 is 0 Å². The first-order valence-corrected chi connectivity index (χ1v) is 7.22. The number of benzene rings is 2. The van der Waals surface area contributed by atoms with E-state index in [-0.39, 0.29) is 6.61 Å². The molecule has 0 spiro atoms. The smallest absolute Gasteiger partial charge is 0.129 e. The molecular formula is C18H23N2O+. The van der Waals surface area contributed by atoms with E-state index < -0.39 is 0 Å². The van der Waals surface area contributed by atoms with Crippen molar-refractivity contribution in [1.82, 2.24) is 0 Å². The van der Waals surface area contributed by atoms with Crippen molar-refractivity contribution in [3.63, 3.8) is 0 Å².